The van der Waals surface area contributed by atoms with Gasteiger partial charge in [-0.1, -0.05) is 35.0 Å². The maximum atomic E-state index is 10.5. The van der Waals surface area contributed by atoms with E-state index in [0.717, 1.165) is 16.1 Å². The predicted molar refractivity (Wildman–Crippen MR) is 96.7 cm³/mol. The fraction of sp³-hybridized carbons (Fsp3) is 0.111. The average Bonchev–Trinajstić information content (AvgIpc) is 3.37. The monoisotopic (exact) mass is 371 g/mol. The maximum absolute atomic E-state index is 10.5. The number of aliphatic hydroxyl groups is 1. The highest BCUT2D eigenvalue weighted by Crippen LogP contribution is 2.26. The van der Waals surface area contributed by atoms with E-state index in [1.54, 1.807) is 6.20 Å². The van der Waals surface area contributed by atoms with E-state index in [9.17, 15) is 5.11 Å². The highest BCUT2D eigenvalue weighted by molar-refractivity contribution is 7.10. The van der Waals surface area contributed by atoms with Crippen LogP contribution in [0.2, 0.25) is 5.02 Å². The van der Waals surface area contributed by atoms with Gasteiger partial charge in [-0.25, -0.2) is 4.98 Å². The second kappa shape index (κ2) is 6.84. The zero-order valence-electron chi connectivity index (χ0n) is 13.0. The molecule has 1 aromatic carbocycles. The normalized spacial score (nSPS) is 12.4. The topological polar surface area (TPSA) is 64.1 Å². The van der Waals surface area contributed by atoms with Gasteiger partial charge >= 0.3 is 0 Å². The van der Waals surface area contributed by atoms with Gasteiger partial charge < -0.3 is 14.2 Å². The zero-order chi connectivity index (χ0) is 17.2. The summed E-state index contributed by atoms with van der Waals surface area (Å²) in [7, 11) is 0. The first kappa shape index (κ1) is 16.1. The standard InChI is InChI=1S/C18H14ClN3O2S/c19-13-5-3-12(4-6-13)15-10-14(24-21-15)11-22-8-7-20-18(22)17(23)16-2-1-9-25-16/h1-10,17,23H,11H2/t17-/m0/s1. The summed E-state index contributed by atoms with van der Waals surface area (Å²) in [6, 6.07) is 13.1. The molecule has 5 nitrogen and oxygen atoms in total. The first-order valence-electron chi connectivity index (χ1n) is 7.65. The van der Waals surface area contributed by atoms with Gasteiger partial charge in [0.25, 0.3) is 0 Å². The number of aromatic nitrogens is 3. The SMILES string of the molecule is O[C@@H](c1cccs1)c1nccn1Cc1cc(-c2ccc(Cl)cc2)no1. The third-order valence-corrected chi connectivity index (χ3v) is 5.01. The van der Waals surface area contributed by atoms with Crippen LogP contribution in [0.25, 0.3) is 11.3 Å². The zero-order valence-corrected chi connectivity index (χ0v) is 14.6. The lowest BCUT2D eigenvalue weighted by atomic mass is 10.1. The molecular formula is C18H14ClN3O2S. The van der Waals surface area contributed by atoms with Crippen LogP contribution in [0.1, 0.15) is 22.6 Å². The Balaban J connectivity index is 1.56. The van der Waals surface area contributed by atoms with Gasteiger partial charge in [-0.05, 0) is 23.6 Å². The van der Waals surface area contributed by atoms with Gasteiger partial charge in [-0.3, -0.25) is 0 Å². The molecule has 1 atom stereocenters. The van der Waals surface area contributed by atoms with Crippen molar-refractivity contribution >= 4 is 22.9 Å². The van der Waals surface area contributed by atoms with Crippen molar-refractivity contribution in [2.24, 2.45) is 0 Å². The summed E-state index contributed by atoms with van der Waals surface area (Å²) >= 11 is 7.41. The molecule has 0 amide bonds. The maximum Gasteiger partial charge on any atom is 0.157 e. The molecule has 0 unspecified atom stereocenters. The molecule has 0 fully saturated rings. The number of benzene rings is 1. The van der Waals surface area contributed by atoms with Crippen LogP contribution in [0.5, 0.6) is 0 Å². The van der Waals surface area contributed by atoms with E-state index in [1.165, 1.54) is 11.3 Å². The number of aliphatic hydroxyl groups excluding tert-OH is 1. The Bertz CT molecular complexity index is 961. The molecule has 25 heavy (non-hydrogen) atoms. The molecule has 4 aromatic rings. The number of halogens is 1. The van der Waals surface area contributed by atoms with Gasteiger partial charge in [0.2, 0.25) is 0 Å². The van der Waals surface area contributed by atoms with E-state index in [4.69, 9.17) is 16.1 Å². The van der Waals surface area contributed by atoms with Crippen LogP contribution in [0.3, 0.4) is 0 Å². The highest BCUT2D eigenvalue weighted by Gasteiger charge is 2.18. The lowest BCUT2D eigenvalue weighted by Crippen LogP contribution is -2.09. The molecular weight excluding hydrogens is 358 g/mol. The third-order valence-electron chi connectivity index (χ3n) is 3.83. The van der Waals surface area contributed by atoms with Crippen molar-refractivity contribution in [3.8, 4) is 11.3 Å². The van der Waals surface area contributed by atoms with E-state index < -0.39 is 6.10 Å². The minimum Gasteiger partial charge on any atom is -0.380 e. The summed E-state index contributed by atoms with van der Waals surface area (Å²) in [5.74, 6) is 1.26. The largest absolute Gasteiger partial charge is 0.380 e. The minimum absolute atomic E-state index is 0.443. The second-order valence-electron chi connectivity index (χ2n) is 5.52. The molecule has 4 rings (SSSR count). The van der Waals surface area contributed by atoms with E-state index >= 15 is 0 Å². The van der Waals surface area contributed by atoms with Gasteiger partial charge in [0.15, 0.2) is 5.76 Å². The molecule has 7 heteroatoms. The van der Waals surface area contributed by atoms with E-state index in [2.05, 4.69) is 10.1 Å². The molecule has 0 spiro atoms. The molecule has 1 N–H and O–H groups in total. The number of hydrogen-bond acceptors (Lipinski definition) is 5. The molecule has 0 saturated heterocycles. The Labute approximate surface area is 153 Å². The Morgan fingerprint density at radius 1 is 1.24 bits per heavy atom. The number of hydrogen-bond donors (Lipinski definition) is 1. The van der Waals surface area contributed by atoms with Crippen molar-refractivity contribution in [3.63, 3.8) is 0 Å². The Morgan fingerprint density at radius 2 is 2.08 bits per heavy atom. The predicted octanol–water partition coefficient (Wildman–Crippen LogP) is 4.38. The van der Waals surface area contributed by atoms with Crippen LogP contribution in [0, 0.1) is 0 Å². The number of nitrogens with zero attached hydrogens (tertiary/aromatic N) is 3. The van der Waals surface area contributed by atoms with Crippen molar-refractivity contribution in [1.29, 1.82) is 0 Å². The number of thiophene rings is 1. The fourth-order valence-electron chi connectivity index (χ4n) is 2.59. The Hall–Kier alpha value is -2.41. The van der Waals surface area contributed by atoms with Gasteiger partial charge in [-0.2, -0.15) is 0 Å². The first-order chi connectivity index (χ1) is 12.2. The Morgan fingerprint density at radius 3 is 2.84 bits per heavy atom. The lowest BCUT2D eigenvalue weighted by Gasteiger charge is -2.10. The number of imidazole rings is 1. The molecule has 0 aliphatic carbocycles. The van der Waals surface area contributed by atoms with Crippen molar-refractivity contribution in [1.82, 2.24) is 14.7 Å². The van der Waals surface area contributed by atoms with Crippen LogP contribution in [-0.2, 0) is 6.54 Å². The lowest BCUT2D eigenvalue weighted by molar-refractivity contribution is 0.208. The summed E-state index contributed by atoms with van der Waals surface area (Å²) in [6.45, 7) is 0.443. The molecule has 0 aliphatic rings. The Kier molecular flexibility index (Phi) is 4.40. The third kappa shape index (κ3) is 3.37. The molecule has 0 bridgehead atoms. The summed E-state index contributed by atoms with van der Waals surface area (Å²) in [4.78, 5) is 5.14. The summed E-state index contributed by atoms with van der Waals surface area (Å²) < 4.78 is 7.30. The quantitative estimate of drug-likeness (QED) is 0.565. The number of rotatable bonds is 5. The summed E-state index contributed by atoms with van der Waals surface area (Å²) in [6.07, 6.45) is 2.73. The first-order valence-corrected chi connectivity index (χ1v) is 8.90. The fourth-order valence-corrected chi connectivity index (χ4v) is 3.42. The average molecular weight is 372 g/mol. The van der Waals surface area contributed by atoms with Crippen LogP contribution in [-0.4, -0.2) is 19.8 Å². The second-order valence-corrected chi connectivity index (χ2v) is 6.93. The van der Waals surface area contributed by atoms with Gasteiger partial charge in [0.05, 0.1) is 6.54 Å². The minimum atomic E-state index is -0.756. The van der Waals surface area contributed by atoms with Crippen molar-refractivity contribution in [2.45, 2.75) is 12.6 Å². The molecule has 0 radical (unpaired) electrons. The van der Waals surface area contributed by atoms with Crippen LogP contribution < -0.4 is 0 Å². The molecule has 3 aromatic heterocycles. The van der Waals surface area contributed by atoms with E-state index in [0.29, 0.717) is 23.2 Å². The van der Waals surface area contributed by atoms with Crippen LogP contribution >= 0.6 is 22.9 Å². The van der Waals surface area contributed by atoms with Gasteiger partial charge in [0, 0.05) is 33.9 Å². The summed E-state index contributed by atoms with van der Waals surface area (Å²) in [5, 5.41) is 17.2. The molecule has 0 saturated carbocycles. The van der Waals surface area contributed by atoms with E-state index in [-0.39, 0.29) is 0 Å². The van der Waals surface area contributed by atoms with E-state index in [1.807, 2.05) is 58.6 Å². The van der Waals surface area contributed by atoms with Crippen molar-refractivity contribution < 1.29 is 9.63 Å². The van der Waals surface area contributed by atoms with Crippen molar-refractivity contribution in [3.05, 3.63) is 81.7 Å². The highest BCUT2D eigenvalue weighted by atomic mass is 35.5. The summed E-state index contributed by atoms with van der Waals surface area (Å²) in [5.41, 5.74) is 1.68. The molecule has 0 aliphatic heterocycles. The molecule has 126 valence electrons. The van der Waals surface area contributed by atoms with Gasteiger partial charge in [-0.15, -0.1) is 11.3 Å². The van der Waals surface area contributed by atoms with Crippen LogP contribution in [0.15, 0.2) is 64.8 Å². The smallest absolute Gasteiger partial charge is 0.157 e. The van der Waals surface area contributed by atoms with Crippen molar-refractivity contribution in [2.75, 3.05) is 0 Å². The van der Waals surface area contributed by atoms with Gasteiger partial charge in [0.1, 0.15) is 17.6 Å². The molecule has 3 heterocycles. The van der Waals surface area contributed by atoms with Crippen LogP contribution in [0.4, 0.5) is 0 Å².